The summed E-state index contributed by atoms with van der Waals surface area (Å²) in [6.45, 7) is 3.31. The maximum absolute atomic E-state index is 4.38. The molecule has 0 amide bonds. The molecule has 0 saturated heterocycles. The minimum absolute atomic E-state index is 0.743. The molecule has 0 bridgehead atoms. The van der Waals surface area contributed by atoms with Gasteiger partial charge in [-0.25, -0.2) is 4.98 Å². The van der Waals surface area contributed by atoms with Gasteiger partial charge in [0.1, 0.15) is 5.82 Å². The quantitative estimate of drug-likeness (QED) is 0.879. The third-order valence-electron chi connectivity index (χ3n) is 4.56. The van der Waals surface area contributed by atoms with Crippen LogP contribution in [0.1, 0.15) is 44.6 Å². The largest absolute Gasteiger partial charge is 0.373 e. The molecule has 1 saturated carbocycles. The summed E-state index contributed by atoms with van der Waals surface area (Å²) in [4.78, 5) is 6.89. The van der Waals surface area contributed by atoms with E-state index in [1.54, 1.807) is 0 Å². The molecule has 1 heterocycles. The van der Waals surface area contributed by atoms with Crippen LogP contribution in [0.3, 0.4) is 0 Å². The summed E-state index contributed by atoms with van der Waals surface area (Å²) >= 11 is 0. The summed E-state index contributed by atoms with van der Waals surface area (Å²) in [5.41, 5.74) is 1.30. The highest BCUT2D eigenvalue weighted by Crippen LogP contribution is 2.29. The van der Waals surface area contributed by atoms with E-state index in [4.69, 9.17) is 0 Å². The van der Waals surface area contributed by atoms with E-state index in [-0.39, 0.29) is 0 Å². The van der Waals surface area contributed by atoms with Gasteiger partial charge in [0.25, 0.3) is 0 Å². The SMILES string of the molecule is CCC1CCC(N(C)Cc2cccnc2NC)CC1. The molecule has 1 aliphatic rings. The summed E-state index contributed by atoms with van der Waals surface area (Å²) in [5, 5.41) is 3.18. The van der Waals surface area contributed by atoms with Gasteiger partial charge >= 0.3 is 0 Å². The number of hydrogen-bond acceptors (Lipinski definition) is 3. The molecule has 1 aromatic rings. The van der Waals surface area contributed by atoms with Gasteiger partial charge in [-0.05, 0) is 44.7 Å². The molecule has 0 spiro atoms. The Hall–Kier alpha value is -1.09. The number of hydrogen-bond donors (Lipinski definition) is 1. The first kappa shape index (κ1) is 14.3. The minimum Gasteiger partial charge on any atom is -0.373 e. The van der Waals surface area contributed by atoms with Crippen LogP contribution in [0.5, 0.6) is 0 Å². The fraction of sp³-hybridized carbons (Fsp3) is 0.688. The number of nitrogens with one attached hydrogen (secondary N) is 1. The lowest BCUT2D eigenvalue weighted by molar-refractivity contribution is 0.157. The number of rotatable bonds is 5. The van der Waals surface area contributed by atoms with Gasteiger partial charge in [0.2, 0.25) is 0 Å². The molecule has 0 radical (unpaired) electrons. The van der Waals surface area contributed by atoms with Crippen LogP contribution in [0, 0.1) is 5.92 Å². The first-order valence-corrected chi connectivity index (χ1v) is 7.56. The zero-order chi connectivity index (χ0) is 13.7. The molecule has 1 aliphatic carbocycles. The van der Waals surface area contributed by atoms with Crippen LogP contribution in [-0.4, -0.2) is 30.0 Å². The molecule has 0 atom stereocenters. The van der Waals surface area contributed by atoms with E-state index in [1.165, 1.54) is 37.7 Å². The molecular weight excluding hydrogens is 234 g/mol. The van der Waals surface area contributed by atoms with Crippen LogP contribution in [0.2, 0.25) is 0 Å². The van der Waals surface area contributed by atoms with E-state index >= 15 is 0 Å². The lowest BCUT2D eigenvalue weighted by Gasteiger charge is -2.34. The second-order valence-electron chi connectivity index (χ2n) is 5.76. The Bertz CT molecular complexity index is 383. The van der Waals surface area contributed by atoms with Crippen molar-refractivity contribution in [3.8, 4) is 0 Å². The maximum atomic E-state index is 4.38. The fourth-order valence-corrected chi connectivity index (χ4v) is 3.18. The summed E-state index contributed by atoms with van der Waals surface area (Å²) in [5.74, 6) is 1.98. The lowest BCUT2D eigenvalue weighted by atomic mass is 9.84. The van der Waals surface area contributed by atoms with Crippen molar-refractivity contribution in [1.82, 2.24) is 9.88 Å². The zero-order valence-corrected chi connectivity index (χ0v) is 12.5. The van der Waals surface area contributed by atoms with E-state index in [0.29, 0.717) is 0 Å². The standard InChI is InChI=1S/C16H27N3/c1-4-13-7-9-15(10-8-13)19(3)12-14-6-5-11-18-16(14)17-2/h5-6,11,13,15H,4,7-10,12H2,1-3H3,(H,17,18). The van der Waals surface area contributed by atoms with Gasteiger partial charge in [0.05, 0.1) is 0 Å². The van der Waals surface area contributed by atoms with Crippen LogP contribution in [0.25, 0.3) is 0 Å². The molecular formula is C16H27N3. The predicted octanol–water partition coefficient (Wildman–Crippen LogP) is 3.52. The van der Waals surface area contributed by atoms with Crippen LogP contribution in [0.15, 0.2) is 18.3 Å². The van der Waals surface area contributed by atoms with Crippen molar-refractivity contribution < 1.29 is 0 Å². The third-order valence-corrected chi connectivity index (χ3v) is 4.56. The average Bonchev–Trinajstić information content (AvgIpc) is 2.48. The lowest BCUT2D eigenvalue weighted by Crippen LogP contribution is -2.34. The van der Waals surface area contributed by atoms with Gasteiger partial charge < -0.3 is 5.32 Å². The van der Waals surface area contributed by atoms with Crippen molar-refractivity contribution >= 4 is 5.82 Å². The van der Waals surface area contributed by atoms with E-state index in [1.807, 2.05) is 19.3 Å². The molecule has 1 aromatic heterocycles. The smallest absolute Gasteiger partial charge is 0.130 e. The molecule has 3 heteroatoms. The molecule has 19 heavy (non-hydrogen) atoms. The van der Waals surface area contributed by atoms with Gasteiger partial charge in [-0.15, -0.1) is 0 Å². The molecule has 106 valence electrons. The second-order valence-corrected chi connectivity index (χ2v) is 5.76. The van der Waals surface area contributed by atoms with Crippen molar-refractivity contribution in [2.24, 2.45) is 5.92 Å². The van der Waals surface area contributed by atoms with Gasteiger partial charge in [-0.1, -0.05) is 19.4 Å². The topological polar surface area (TPSA) is 28.2 Å². The number of aromatic nitrogens is 1. The number of anilines is 1. The second kappa shape index (κ2) is 6.90. The number of pyridine rings is 1. The van der Waals surface area contributed by atoms with Crippen molar-refractivity contribution in [3.05, 3.63) is 23.9 Å². The van der Waals surface area contributed by atoms with Crippen molar-refractivity contribution in [2.75, 3.05) is 19.4 Å². The van der Waals surface area contributed by atoms with Gasteiger partial charge in [0.15, 0.2) is 0 Å². The molecule has 2 rings (SSSR count). The molecule has 1 fully saturated rings. The van der Waals surface area contributed by atoms with Crippen LogP contribution in [-0.2, 0) is 6.54 Å². The highest BCUT2D eigenvalue weighted by atomic mass is 15.1. The Morgan fingerprint density at radius 2 is 2.05 bits per heavy atom. The first-order chi connectivity index (χ1) is 9.24. The molecule has 3 nitrogen and oxygen atoms in total. The number of nitrogens with zero attached hydrogens (tertiary/aromatic N) is 2. The highest BCUT2D eigenvalue weighted by Gasteiger charge is 2.23. The third kappa shape index (κ3) is 3.69. The Kier molecular flexibility index (Phi) is 5.20. The summed E-state index contributed by atoms with van der Waals surface area (Å²) < 4.78 is 0. The summed E-state index contributed by atoms with van der Waals surface area (Å²) in [6, 6.07) is 4.94. The van der Waals surface area contributed by atoms with E-state index in [9.17, 15) is 0 Å². The van der Waals surface area contributed by atoms with E-state index in [0.717, 1.165) is 24.3 Å². The molecule has 0 aliphatic heterocycles. The van der Waals surface area contributed by atoms with Gasteiger partial charge in [-0.3, -0.25) is 4.90 Å². The van der Waals surface area contributed by atoms with Crippen LogP contribution >= 0.6 is 0 Å². The van der Waals surface area contributed by atoms with E-state index < -0.39 is 0 Å². The van der Waals surface area contributed by atoms with Gasteiger partial charge in [-0.2, -0.15) is 0 Å². The van der Waals surface area contributed by atoms with Crippen molar-refractivity contribution in [2.45, 2.75) is 51.6 Å². The predicted molar refractivity (Wildman–Crippen MR) is 81.3 cm³/mol. The minimum atomic E-state index is 0.743. The molecule has 0 unspecified atom stereocenters. The maximum Gasteiger partial charge on any atom is 0.130 e. The van der Waals surface area contributed by atoms with Crippen LogP contribution < -0.4 is 5.32 Å². The summed E-state index contributed by atoms with van der Waals surface area (Å²) in [6.07, 6.45) is 8.70. The van der Waals surface area contributed by atoms with Crippen LogP contribution in [0.4, 0.5) is 5.82 Å². The van der Waals surface area contributed by atoms with Crippen molar-refractivity contribution in [1.29, 1.82) is 0 Å². The average molecular weight is 261 g/mol. The fourth-order valence-electron chi connectivity index (χ4n) is 3.18. The Balaban J connectivity index is 1.92. The Labute approximate surface area is 117 Å². The Morgan fingerprint density at radius 3 is 2.68 bits per heavy atom. The normalized spacial score (nSPS) is 23.6. The molecule has 0 aromatic carbocycles. The molecule has 1 N–H and O–H groups in total. The van der Waals surface area contributed by atoms with E-state index in [2.05, 4.69) is 35.2 Å². The monoisotopic (exact) mass is 261 g/mol. The zero-order valence-electron chi connectivity index (χ0n) is 12.5. The van der Waals surface area contributed by atoms with Crippen molar-refractivity contribution in [3.63, 3.8) is 0 Å². The highest BCUT2D eigenvalue weighted by molar-refractivity contribution is 5.42. The Morgan fingerprint density at radius 1 is 1.32 bits per heavy atom. The summed E-state index contributed by atoms with van der Waals surface area (Å²) in [7, 11) is 4.20. The first-order valence-electron chi connectivity index (χ1n) is 7.56. The van der Waals surface area contributed by atoms with Gasteiger partial charge in [0, 0.05) is 31.4 Å².